The van der Waals surface area contributed by atoms with E-state index in [1.165, 1.54) is 6.07 Å². The van der Waals surface area contributed by atoms with Crippen molar-refractivity contribution in [3.63, 3.8) is 0 Å². The molecule has 0 amide bonds. The third kappa shape index (κ3) is 3.18. The van der Waals surface area contributed by atoms with Crippen molar-refractivity contribution < 1.29 is 8.78 Å². The minimum absolute atomic E-state index is 0.0155. The van der Waals surface area contributed by atoms with E-state index in [0.717, 1.165) is 11.0 Å². The van der Waals surface area contributed by atoms with E-state index in [2.05, 4.69) is 15.3 Å². The predicted molar refractivity (Wildman–Crippen MR) is 119 cm³/mol. The van der Waals surface area contributed by atoms with Crippen LogP contribution in [0.2, 0.25) is 0 Å². The maximum atomic E-state index is 15.7. The van der Waals surface area contributed by atoms with E-state index in [1.807, 2.05) is 38.1 Å². The summed E-state index contributed by atoms with van der Waals surface area (Å²) >= 11 is 0. The number of halogens is 2. The van der Waals surface area contributed by atoms with Crippen LogP contribution >= 0.6 is 0 Å². The molecule has 1 saturated heterocycles. The number of H-pyrrole nitrogens is 1. The zero-order chi connectivity index (χ0) is 21.7. The highest BCUT2D eigenvalue weighted by atomic mass is 19.1. The largest absolute Gasteiger partial charge is 0.364 e. The van der Waals surface area contributed by atoms with E-state index in [9.17, 15) is 4.79 Å². The molecule has 0 radical (unpaired) electrons. The second-order valence-corrected chi connectivity index (χ2v) is 7.98. The molecule has 3 heterocycles. The van der Waals surface area contributed by atoms with Crippen LogP contribution in [0.3, 0.4) is 0 Å². The fourth-order valence-corrected chi connectivity index (χ4v) is 4.40. The average molecular weight is 423 g/mol. The van der Waals surface area contributed by atoms with Crippen molar-refractivity contribution in [1.82, 2.24) is 19.9 Å². The summed E-state index contributed by atoms with van der Waals surface area (Å²) in [5, 5.41) is 3.29. The second kappa shape index (κ2) is 7.46. The van der Waals surface area contributed by atoms with Crippen molar-refractivity contribution in [2.24, 2.45) is 0 Å². The second-order valence-electron chi connectivity index (χ2n) is 7.98. The molecule has 0 spiro atoms. The van der Waals surface area contributed by atoms with Crippen molar-refractivity contribution >= 4 is 27.6 Å². The molecule has 1 fully saturated rings. The van der Waals surface area contributed by atoms with E-state index in [4.69, 9.17) is 0 Å². The summed E-state index contributed by atoms with van der Waals surface area (Å²) in [7, 11) is 0. The number of hydrogen-bond donors (Lipinski definition) is 2. The molecular weight excluding hydrogens is 400 g/mol. The number of pyridine rings is 1. The Morgan fingerprint density at radius 2 is 2.06 bits per heavy atom. The Bertz CT molecular complexity index is 1330. The summed E-state index contributed by atoms with van der Waals surface area (Å²) < 4.78 is 32.5. The molecule has 0 saturated carbocycles. The fraction of sp³-hybridized carbons (Fsp3) is 0.304. The Labute approximate surface area is 177 Å². The molecule has 4 aromatic rings. The van der Waals surface area contributed by atoms with Crippen molar-refractivity contribution in [1.29, 1.82) is 0 Å². The van der Waals surface area contributed by atoms with Gasteiger partial charge in [-0.25, -0.2) is 13.8 Å². The number of anilines is 1. The standard InChI is InChI=1S/C23H23F2N5O/c1-3-29-12-15(23-27-17-6-4-5-7-18(17)28-23)22(31)14-10-16(24)21(19(25)20(14)29)30-9-8-26-13(2)11-30/h4-7,10,12-13,26H,3,8-9,11H2,1-2H3,(H,27,28). The van der Waals surface area contributed by atoms with Gasteiger partial charge in [0.15, 0.2) is 5.82 Å². The number of nitrogens with one attached hydrogen (secondary N) is 2. The van der Waals surface area contributed by atoms with Crippen molar-refractivity contribution in [3.05, 3.63) is 58.4 Å². The summed E-state index contributed by atoms with van der Waals surface area (Å²) in [6.45, 7) is 5.89. The molecule has 5 rings (SSSR count). The van der Waals surface area contributed by atoms with Gasteiger partial charge in [0.25, 0.3) is 0 Å². The molecule has 2 aromatic heterocycles. The highest BCUT2D eigenvalue weighted by Crippen LogP contribution is 2.31. The molecule has 160 valence electrons. The lowest BCUT2D eigenvalue weighted by Crippen LogP contribution is -2.49. The van der Waals surface area contributed by atoms with E-state index >= 15 is 8.78 Å². The minimum atomic E-state index is -0.722. The van der Waals surface area contributed by atoms with Gasteiger partial charge in [-0.3, -0.25) is 4.79 Å². The van der Waals surface area contributed by atoms with Gasteiger partial charge in [0, 0.05) is 38.4 Å². The molecule has 0 bridgehead atoms. The third-order valence-electron chi connectivity index (χ3n) is 5.90. The minimum Gasteiger partial charge on any atom is -0.364 e. The SMILES string of the molecule is CCn1cc(-c2nc3ccccc3[nH]2)c(=O)c2cc(F)c(N3CCNC(C)C3)c(F)c21. The van der Waals surface area contributed by atoms with Crippen LogP contribution in [0.1, 0.15) is 13.8 Å². The summed E-state index contributed by atoms with van der Waals surface area (Å²) in [5.41, 5.74) is 1.40. The van der Waals surface area contributed by atoms with Crippen LogP contribution in [0.4, 0.5) is 14.5 Å². The van der Waals surface area contributed by atoms with Gasteiger partial charge in [-0.15, -0.1) is 0 Å². The Morgan fingerprint density at radius 3 is 2.81 bits per heavy atom. The zero-order valence-electron chi connectivity index (χ0n) is 17.4. The van der Waals surface area contributed by atoms with Crippen LogP contribution < -0.4 is 15.6 Å². The Hall–Kier alpha value is -3.26. The first-order valence-electron chi connectivity index (χ1n) is 10.5. The molecular formula is C23H23F2N5O. The summed E-state index contributed by atoms with van der Waals surface area (Å²) in [4.78, 5) is 22.6. The molecule has 8 heteroatoms. The highest BCUT2D eigenvalue weighted by molar-refractivity contribution is 5.88. The lowest BCUT2D eigenvalue weighted by Gasteiger charge is -2.34. The van der Waals surface area contributed by atoms with Crippen LogP contribution in [0.25, 0.3) is 33.3 Å². The van der Waals surface area contributed by atoms with Gasteiger partial charge in [-0.05, 0) is 32.0 Å². The number of fused-ring (bicyclic) bond motifs is 2. The Kier molecular flexibility index (Phi) is 4.74. The van der Waals surface area contributed by atoms with Crippen LogP contribution in [0.15, 0.2) is 41.3 Å². The number of aromatic nitrogens is 3. The number of nitrogens with zero attached hydrogens (tertiary/aromatic N) is 3. The number of aryl methyl sites for hydroxylation is 1. The van der Waals surface area contributed by atoms with Gasteiger partial charge in [0.1, 0.15) is 17.3 Å². The molecule has 1 aliphatic rings. The van der Waals surface area contributed by atoms with Gasteiger partial charge in [0.05, 0.1) is 27.5 Å². The molecule has 2 aromatic carbocycles. The predicted octanol–water partition coefficient (Wildman–Crippen LogP) is 3.64. The molecule has 2 N–H and O–H groups in total. The van der Waals surface area contributed by atoms with Crippen molar-refractivity contribution in [3.8, 4) is 11.4 Å². The zero-order valence-corrected chi connectivity index (χ0v) is 17.4. The monoisotopic (exact) mass is 423 g/mol. The Balaban J connectivity index is 1.74. The van der Waals surface area contributed by atoms with Crippen molar-refractivity contribution in [2.45, 2.75) is 26.4 Å². The lowest BCUT2D eigenvalue weighted by molar-refractivity contribution is 0.470. The number of hydrogen-bond acceptors (Lipinski definition) is 4. The van der Waals surface area contributed by atoms with E-state index in [1.54, 1.807) is 15.7 Å². The fourth-order valence-electron chi connectivity index (χ4n) is 4.40. The first kappa shape index (κ1) is 19.7. The van der Waals surface area contributed by atoms with Crippen LogP contribution in [0, 0.1) is 11.6 Å². The quantitative estimate of drug-likeness (QED) is 0.528. The first-order chi connectivity index (χ1) is 15.0. The lowest BCUT2D eigenvalue weighted by atomic mass is 10.1. The molecule has 0 aliphatic carbocycles. The first-order valence-corrected chi connectivity index (χ1v) is 10.5. The average Bonchev–Trinajstić information content (AvgIpc) is 3.18. The maximum absolute atomic E-state index is 15.7. The van der Waals surface area contributed by atoms with Crippen LogP contribution in [-0.2, 0) is 6.54 Å². The number of rotatable bonds is 3. The summed E-state index contributed by atoms with van der Waals surface area (Å²) in [6.07, 6.45) is 1.60. The Morgan fingerprint density at radius 1 is 1.26 bits per heavy atom. The van der Waals surface area contributed by atoms with Gasteiger partial charge in [0.2, 0.25) is 5.43 Å². The van der Waals surface area contributed by atoms with E-state index in [-0.39, 0.29) is 28.2 Å². The topological polar surface area (TPSA) is 66.0 Å². The van der Waals surface area contributed by atoms with Gasteiger partial charge in [-0.2, -0.15) is 0 Å². The summed E-state index contributed by atoms with van der Waals surface area (Å²) in [6, 6.07) is 8.73. The van der Waals surface area contributed by atoms with Crippen LogP contribution in [-0.4, -0.2) is 40.2 Å². The van der Waals surface area contributed by atoms with Gasteiger partial charge in [-0.1, -0.05) is 12.1 Å². The molecule has 1 atom stereocenters. The number of imidazole rings is 1. The normalized spacial score (nSPS) is 17.0. The summed E-state index contributed by atoms with van der Waals surface area (Å²) in [5.74, 6) is -1.03. The molecule has 1 unspecified atom stereocenters. The number of benzene rings is 2. The highest BCUT2D eigenvalue weighted by Gasteiger charge is 2.26. The molecule has 6 nitrogen and oxygen atoms in total. The number of para-hydroxylation sites is 2. The van der Waals surface area contributed by atoms with Crippen LogP contribution in [0.5, 0.6) is 0 Å². The number of aromatic amines is 1. The molecule has 1 aliphatic heterocycles. The maximum Gasteiger partial charge on any atom is 0.200 e. The molecule has 31 heavy (non-hydrogen) atoms. The van der Waals surface area contributed by atoms with Gasteiger partial charge >= 0.3 is 0 Å². The van der Waals surface area contributed by atoms with Gasteiger partial charge < -0.3 is 19.8 Å². The van der Waals surface area contributed by atoms with Crippen molar-refractivity contribution in [2.75, 3.05) is 24.5 Å². The van der Waals surface area contributed by atoms with E-state index < -0.39 is 17.1 Å². The van der Waals surface area contributed by atoms with E-state index in [0.29, 0.717) is 32.0 Å². The number of piperazine rings is 1. The smallest absolute Gasteiger partial charge is 0.200 e. The third-order valence-corrected chi connectivity index (χ3v) is 5.90.